The summed E-state index contributed by atoms with van der Waals surface area (Å²) in [7, 11) is 0. The lowest BCUT2D eigenvalue weighted by molar-refractivity contribution is -0.116. The first-order chi connectivity index (χ1) is 14.5. The average molecular weight is 410 g/mol. The first-order valence-electron chi connectivity index (χ1n) is 9.18. The van der Waals surface area contributed by atoms with Crippen LogP contribution in [0.5, 0.6) is 0 Å². The summed E-state index contributed by atoms with van der Waals surface area (Å²) >= 11 is 0. The van der Waals surface area contributed by atoms with Crippen LogP contribution in [-0.4, -0.2) is 34.2 Å². The van der Waals surface area contributed by atoms with Gasteiger partial charge in [-0.1, -0.05) is 6.07 Å². The van der Waals surface area contributed by atoms with E-state index < -0.39 is 17.5 Å². The van der Waals surface area contributed by atoms with Gasteiger partial charge in [0, 0.05) is 30.9 Å². The first-order valence-corrected chi connectivity index (χ1v) is 9.18. The highest BCUT2D eigenvalue weighted by Crippen LogP contribution is 2.13. The smallest absolute Gasteiger partial charge is 0.244 e. The number of carbonyl (C=O) groups excluding carboxylic acids is 1. The summed E-state index contributed by atoms with van der Waals surface area (Å²) in [5.41, 5.74) is 1.07. The van der Waals surface area contributed by atoms with Crippen LogP contribution in [0, 0.1) is 18.6 Å². The molecule has 0 aliphatic carbocycles. The number of hydrogen-bond donors (Lipinski definition) is 3. The van der Waals surface area contributed by atoms with Crippen LogP contribution < -0.4 is 16.0 Å². The lowest BCUT2D eigenvalue weighted by Crippen LogP contribution is -2.27. The molecule has 0 fully saturated rings. The molecule has 154 valence electrons. The third-order valence-electron chi connectivity index (χ3n) is 3.93. The van der Waals surface area contributed by atoms with E-state index in [1.54, 1.807) is 18.3 Å². The van der Waals surface area contributed by atoms with Gasteiger partial charge in [0.25, 0.3) is 0 Å². The molecule has 9 heteroatoms. The molecule has 0 atom stereocenters. The van der Waals surface area contributed by atoms with Crippen molar-refractivity contribution in [2.75, 3.05) is 23.7 Å². The van der Waals surface area contributed by atoms with Gasteiger partial charge in [-0.05, 0) is 55.0 Å². The molecule has 30 heavy (non-hydrogen) atoms. The maximum atomic E-state index is 13.5. The zero-order valence-corrected chi connectivity index (χ0v) is 16.2. The Labute approximate surface area is 172 Å². The third kappa shape index (κ3) is 6.33. The maximum absolute atomic E-state index is 13.5. The molecule has 0 aliphatic heterocycles. The molecule has 2 heterocycles. The van der Waals surface area contributed by atoms with Crippen LogP contribution in [0.15, 0.2) is 54.7 Å². The van der Waals surface area contributed by atoms with Gasteiger partial charge in [0.2, 0.25) is 5.91 Å². The molecule has 7 nitrogen and oxygen atoms in total. The van der Waals surface area contributed by atoms with Gasteiger partial charge in [-0.25, -0.2) is 13.8 Å². The number of carbonyl (C=O) groups is 1. The predicted molar refractivity (Wildman–Crippen MR) is 111 cm³/mol. The van der Waals surface area contributed by atoms with Crippen molar-refractivity contribution in [1.29, 1.82) is 0 Å². The predicted octanol–water partition coefficient (Wildman–Crippen LogP) is 3.44. The van der Waals surface area contributed by atoms with E-state index in [4.69, 9.17) is 0 Å². The Balaban J connectivity index is 1.40. The standard InChI is InChI=1S/C21H20F2N6O/c1-14-2-6-18(26-13-14)27-20-8-7-19(28-29-20)24-10-11-25-21(30)9-3-15-12-16(22)4-5-17(15)23/h2-9,12-13H,10-11H2,1H3,(H,24,28)(H,25,30)(H,26,27,29)/b9-3+. The SMILES string of the molecule is Cc1ccc(Nc2ccc(NCCNC(=O)/C=C/c3cc(F)ccc3F)nn2)nc1. The molecule has 0 unspecified atom stereocenters. The highest BCUT2D eigenvalue weighted by Gasteiger charge is 2.02. The fourth-order valence-electron chi connectivity index (χ4n) is 2.41. The Morgan fingerprint density at radius 2 is 1.77 bits per heavy atom. The van der Waals surface area contributed by atoms with Crippen LogP contribution >= 0.6 is 0 Å². The Kier molecular flexibility index (Phi) is 6.99. The van der Waals surface area contributed by atoms with Crippen LogP contribution in [0.25, 0.3) is 6.08 Å². The number of benzene rings is 1. The number of aryl methyl sites for hydroxylation is 1. The number of nitrogens with zero attached hydrogens (tertiary/aromatic N) is 3. The fourth-order valence-corrected chi connectivity index (χ4v) is 2.41. The molecule has 1 amide bonds. The van der Waals surface area contributed by atoms with E-state index in [1.807, 2.05) is 19.1 Å². The number of anilines is 3. The number of amides is 1. The molecular weight excluding hydrogens is 390 g/mol. The topological polar surface area (TPSA) is 91.8 Å². The first kappa shape index (κ1) is 20.8. The van der Waals surface area contributed by atoms with Crippen LogP contribution in [0.2, 0.25) is 0 Å². The van der Waals surface area contributed by atoms with E-state index >= 15 is 0 Å². The molecule has 0 spiro atoms. The second-order valence-corrected chi connectivity index (χ2v) is 6.37. The normalized spacial score (nSPS) is 10.8. The van der Waals surface area contributed by atoms with E-state index in [0.29, 0.717) is 30.5 Å². The summed E-state index contributed by atoms with van der Waals surface area (Å²) < 4.78 is 26.6. The molecule has 3 rings (SSSR count). The van der Waals surface area contributed by atoms with Crippen molar-refractivity contribution < 1.29 is 13.6 Å². The van der Waals surface area contributed by atoms with E-state index in [1.165, 1.54) is 6.08 Å². The Hall–Kier alpha value is -3.88. The second-order valence-electron chi connectivity index (χ2n) is 6.37. The number of pyridine rings is 1. The zero-order valence-electron chi connectivity index (χ0n) is 16.2. The van der Waals surface area contributed by atoms with Crippen LogP contribution in [0.3, 0.4) is 0 Å². The lowest BCUT2D eigenvalue weighted by atomic mass is 10.2. The number of rotatable bonds is 8. The molecule has 0 bridgehead atoms. The number of halogens is 2. The number of nitrogens with one attached hydrogen (secondary N) is 3. The van der Waals surface area contributed by atoms with Gasteiger partial charge in [0.05, 0.1) is 0 Å². The van der Waals surface area contributed by atoms with Crippen molar-refractivity contribution in [3.8, 4) is 0 Å². The lowest BCUT2D eigenvalue weighted by Gasteiger charge is -2.07. The van der Waals surface area contributed by atoms with Crippen molar-refractivity contribution in [1.82, 2.24) is 20.5 Å². The second kappa shape index (κ2) is 10.1. The summed E-state index contributed by atoms with van der Waals surface area (Å²) in [6, 6.07) is 10.3. The highest BCUT2D eigenvalue weighted by atomic mass is 19.1. The average Bonchev–Trinajstić information content (AvgIpc) is 2.74. The monoisotopic (exact) mass is 410 g/mol. The van der Waals surface area contributed by atoms with E-state index in [-0.39, 0.29) is 5.56 Å². The Bertz CT molecular complexity index is 1020. The van der Waals surface area contributed by atoms with Crippen molar-refractivity contribution in [2.24, 2.45) is 0 Å². The summed E-state index contributed by atoms with van der Waals surface area (Å²) in [4.78, 5) is 16.0. The minimum Gasteiger partial charge on any atom is -0.367 e. The highest BCUT2D eigenvalue weighted by molar-refractivity contribution is 5.91. The van der Waals surface area contributed by atoms with Crippen molar-refractivity contribution in [3.63, 3.8) is 0 Å². The molecule has 1 aromatic carbocycles. The number of hydrogen-bond acceptors (Lipinski definition) is 6. The van der Waals surface area contributed by atoms with Gasteiger partial charge in [-0.15, -0.1) is 10.2 Å². The van der Waals surface area contributed by atoms with Crippen molar-refractivity contribution in [2.45, 2.75) is 6.92 Å². The van der Waals surface area contributed by atoms with Gasteiger partial charge in [0.15, 0.2) is 5.82 Å². The maximum Gasteiger partial charge on any atom is 0.244 e. The van der Waals surface area contributed by atoms with Crippen LogP contribution in [0.4, 0.5) is 26.2 Å². The molecule has 3 aromatic rings. The molecule has 3 N–H and O–H groups in total. The van der Waals surface area contributed by atoms with Gasteiger partial charge in [-0.3, -0.25) is 4.79 Å². The van der Waals surface area contributed by atoms with E-state index in [9.17, 15) is 13.6 Å². The Morgan fingerprint density at radius 1 is 1.00 bits per heavy atom. The Morgan fingerprint density at radius 3 is 2.50 bits per heavy atom. The summed E-state index contributed by atoms with van der Waals surface area (Å²) in [6.45, 7) is 2.68. The van der Waals surface area contributed by atoms with Crippen LogP contribution in [0.1, 0.15) is 11.1 Å². The minimum atomic E-state index is -0.600. The van der Waals surface area contributed by atoms with Gasteiger partial charge >= 0.3 is 0 Å². The van der Waals surface area contributed by atoms with Gasteiger partial charge in [-0.2, -0.15) is 0 Å². The molecule has 0 saturated carbocycles. The van der Waals surface area contributed by atoms with Gasteiger partial charge in [0.1, 0.15) is 23.3 Å². The molecule has 0 saturated heterocycles. The molecule has 0 radical (unpaired) electrons. The minimum absolute atomic E-state index is 0.00749. The van der Waals surface area contributed by atoms with E-state index in [2.05, 4.69) is 31.1 Å². The van der Waals surface area contributed by atoms with Crippen molar-refractivity contribution in [3.05, 3.63) is 77.5 Å². The van der Waals surface area contributed by atoms with E-state index in [0.717, 1.165) is 29.8 Å². The quantitative estimate of drug-likeness (QED) is 0.389. The summed E-state index contributed by atoms with van der Waals surface area (Å²) in [5.74, 6) is 0.181. The largest absolute Gasteiger partial charge is 0.367 e. The van der Waals surface area contributed by atoms with Gasteiger partial charge < -0.3 is 16.0 Å². The summed E-state index contributed by atoms with van der Waals surface area (Å²) in [5, 5.41) is 16.8. The third-order valence-corrected chi connectivity index (χ3v) is 3.93. The summed E-state index contributed by atoms with van der Waals surface area (Å²) in [6.07, 6.45) is 4.13. The number of aromatic nitrogens is 3. The molecule has 2 aromatic heterocycles. The zero-order chi connectivity index (χ0) is 21.3. The van der Waals surface area contributed by atoms with Crippen molar-refractivity contribution >= 4 is 29.4 Å². The fraction of sp³-hybridized carbons (Fsp3) is 0.143. The molecule has 0 aliphatic rings. The van der Waals surface area contributed by atoms with Crippen LogP contribution in [-0.2, 0) is 4.79 Å². The molecular formula is C21H20F2N6O.